The van der Waals surface area contributed by atoms with Crippen LogP contribution in [0.3, 0.4) is 0 Å². The number of amidine groups is 1. The van der Waals surface area contributed by atoms with Crippen molar-refractivity contribution in [1.82, 2.24) is 9.47 Å². The Hall–Kier alpha value is -2.99. The number of carbonyl (C=O) groups excluding carboxylic acids is 1. The van der Waals surface area contributed by atoms with Gasteiger partial charge >= 0.3 is 0 Å². The summed E-state index contributed by atoms with van der Waals surface area (Å²) in [4.78, 5) is 20.5. The first-order valence-electron chi connectivity index (χ1n) is 11.4. The van der Waals surface area contributed by atoms with Crippen LogP contribution in [0.25, 0.3) is 17.0 Å². The van der Waals surface area contributed by atoms with E-state index in [2.05, 4.69) is 29.8 Å². The van der Waals surface area contributed by atoms with Crippen molar-refractivity contribution in [2.75, 3.05) is 6.54 Å². The number of amides is 1. The molecule has 7 heteroatoms. The molecule has 1 aliphatic heterocycles. The monoisotopic (exact) mass is 519 g/mol. The molecule has 0 aliphatic carbocycles. The second kappa shape index (κ2) is 10.3. The Morgan fingerprint density at radius 1 is 1.00 bits per heavy atom. The number of thioether (sulfide) groups is 1. The van der Waals surface area contributed by atoms with Gasteiger partial charge in [0.05, 0.1) is 10.6 Å². The molecule has 1 amide bonds. The molecule has 0 bridgehead atoms. The van der Waals surface area contributed by atoms with Gasteiger partial charge in [0.25, 0.3) is 5.91 Å². The zero-order chi connectivity index (χ0) is 24.4. The second-order valence-electron chi connectivity index (χ2n) is 8.26. The fraction of sp³-hybridized carbons (Fsp3) is 0.143. The summed E-state index contributed by atoms with van der Waals surface area (Å²) in [5.41, 5.74) is 3.87. The molecule has 0 N–H and O–H groups in total. The lowest BCUT2D eigenvalue weighted by Crippen LogP contribution is -2.29. The van der Waals surface area contributed by atoms with Crippen molar-refractivity contribution >= 4 is 68.7 Å². The highest BCUT2D eigenvalue weighted by Crippen LogP contribution is 2.36. The predicted molar refractivity (Wildman–Crippen MR) is 149 cm³/mol. The van der Waals surface area contributed by atoms with Gasteiger partial charge in [-0.2, -0.15) is 0 Å². The maximum Gasteiger partial charge on any atom is 0.266 e. The van der Waals surface area contributed by atoms with E-state index in [9.17, 15) is 4.79 Å². The largest absolute Gasteiger partial charge is 0.342 e. The summed E-state index contributed by atoms with van der Waals surface area (Å²) in [6.07, 6.45) is 4.91. The lowest BCUT2D eigenvalue weighted by molar-refractivity contribution is -0.122. The topological polar surface area (TPSA) is 37.6 Å². The molecule has 0 radical (unpaired) electrons. The van der Waals surface area contributed by atoms with Crippen molar-refractivity contribution in [3.63, 3.8) is 0 Å². The molecule has 1 saturated heterocycles. The van der Waals surface area contributed by atoms with Gasteiger partial charge in [-0.15, -0.1) is 0 Å². The molecule has 1 aliphatic rings. The molecule has 176 valence electrons. The highest BCUT2D eigenvalue weighted by molar-refractivity contribution is 8.18. The Kier molecular flexibility index (Phi) is 7.00. The Labute approximate surface area is 218 Å². The molecule has 0 saturated carbocycles. The number of benzene rings is 3. The number of aromatic nitrogens is 1. The Balaban J connectivity index is 1.53. The van der Waals surface area contributed by atoms with Crippen LogP contribution in [0.2, 0.25) is 10.0 Å². The van der Waals surface area contributed by atoms with Crippen LogP contribution >= 0.6 is 35.0 Å². The molecule has 35 heavy (non-hydrogen) atoms. The van der Waals surface area contributed by atoms with Crippen LogP contribution in [0, 0.1) is 0 Å². The third-order valence-corrected chi connectivity index (χ3v) is 7.37. The van der Waals surface area contributed by atoms with Crippen molar-refractivity contribution < 1.29 is 4.79 Å². The number of aliphatic imine (C=N–C) groups is 1. The van der Waals surface area contributed by atoms with Crippen molar-refractivity contribution in [2.24, 2.45) is 4.99 Å². The van der Waals surface area contributed by atoms with Gasteiger partial charge in [-0.05, 0) is 60.2 Å². The minimum absolute atomic E-state index is 0.0101. The van der Waals surface area contributed by atoms with E-state index in [1.165, 1.54) is 11.8 Å². The first kappa shape index (κ1) is 23.7. The summed E-state index contributed by atoms with van der Waals surface area (Å²) in [6.45, 7) is 3.30. The van der Waals surface area contributed by atoms with Crippen LogP contribution in [-0.2, 0) is 11.3 Å². The number of rotatable bonds is 6. The van der Waals surface area contributed by atoms with E-state index in [0.717, 1.165) is 34.1 Å². The van der Waals surface area contributed by atoms with Crippen molar-refractivity contribution in [3.8, 4) is 0 Å². The van der Waals surface area contributed by atoms with Crippen LogP contribution in [0.5, 0.6) is 0 Å². The van der Waals surface area contributed by atoms with E-state index >= 15 is 0 Å². The lowest BCUT2D eigenvalue weighted by atomic mass is 10.1. The summed E-state index contributed by atoms with van der Waals surface area (Å²) in [5.74, 6) is -0.0101. The summed E-state index contributed by atoms with van der Waals surface area (Å²) in [6, 6.07) is 23.5. The molecule has 4 aromatic rings. The van der Waals surface area contributed by atoms with Gasteiger partial charge in [-0.1, -0.05) is 72.6 Å². The van der Waals surface area contributed by atoms with Gasteiger partial charge < -0.3 is 4.57 Å². The third kappa shape index (κ3) is 5.03. The number of halogens is 2. The zero-order valence-electron chi connectivity index (χ0n) is 19.1. The standard InChI is InChI=1S/C28H23Cl2N3OS/c1-2-14-33-27(34)26(35-28(33)31-22-8-4-3-5-9-22)15-20-18-32(25-11-7-6-10-23(20)25)17-19-12-13-21(29)16-24(19)30/h3-13,15-16,18H,2,14,17H2,1H3/b26-15+,31-28?. The quantitative estimate of drug-likeness (QED) is 0.242. The molecule has 5 rings (SSSR count). The van der Waals surface area contributed by atoms with Crippen molar-refractivity contribution in [2.45, 2.75) is 19.9 Å². The molecule has 3 aromatic carbocycles. The van der Waals surface area contributed by atoms with Crippen LogP contribution < -0.4 is 0 Å². The first-order valence-corrected chi connectivity index (χ1v) is 13.0. The Morgan fingerprint density at radius 2 is 1.77 bits per heavy atom. The van der Waals surface area contributed by atoms with Crippen LogP contribution in [0.15, 0.2) is 88.9 Å². The van der Waals surface area contributed by atoms with E-state index in [-0.39, 0.29) is 5.91 Å². The van der Waals surface area contributed by atoms with Crippen LogP contribution in [0.4, 0.5) is 5.69 Å². The third-order valence-electron chi connectivity index (χ3n) is 5.78. The highest BCUT2D eigenvalue weighted by Gasteiger charge is 2.33. The van der Waals surface area contributed by atoms with E-state index < -0.39 is 0 Å². The normalized spacial score (nSPS) is 16.2. The molecule has 4 nitrogen and oxygen atoms in total. The fourth-order valence-electron chi connectivity index (χ4n) is 4.12. The van der Waals surface area contributed by atoms with Gasteiger partial charge in [0.15, 0.2) is 5.17 Å². The number of para-hydroxylation sites is 2. The molecule has 0 atom stereocenters. The van der Waals surface area contributed by atoms with Crippen LogP contribution in [-0.4, -0.2) is 27.1 Å². The van der Waals surface area contributed by atoms with Crippen molar-refractivity contribution in [1.29, 1.82) is 0 Å². The number of hydrogen-bond donors (Lipinski definition) is 0. The Bertz CT molecular complexity index is 1460. The molecular formula is C28H23Cl2N3OS. The van der Waals surface area contributed by atoms with Gasteiger partial charge in [-0.3, -0.25) is 9.69 Å². The summed E-state index contributed by atoms with van der Waals surface area (Å²) in [5, 5.41) is 3.04. The summed E-state index contributed by atoms with van der Waals surface area (Å²) < 4.78 is 2.16. The minimum atomic E-state index is -0.0101. The van der Waals surface area contributed by atoms with Crippen LogP contribution in [0.1, 0.15) is 24.5 Å². The number of carbonyl (C=O) groups is 1. The average molecular weight is 520 g/mol. The zero-order valence-corrected chi connectivity index (χ0v) is 21.4. The van der Waals surface area contributed by atoms with Gasteiger partial charge in [0.2, 0.25) is 0 Å². The molecular weight excluding hydrogens is 497 g/mol. The smallest absolute Gasteiger partial charge is 0.266 e. The molecule has 0 spiro atoms. The molecule has 2 heterocycles. The highest BCUT2D eigenvalue weighted by atomic mass is 35.5. The van der Waals surface area contributed by atoms with E-state index in [1.807, 2.05) is 60.7 Å². The van der Waals surface area contributed by atoms with Gasteiger partial charge in [0, 0.05) is 45.8 Å². The summed E-state index contributed by atoms with van der Waals surface area (Å²) in [7, 11) is 0. The maximum atomic E-state index is 13.3. The van der Waals surface area contributed by atoms with E-state index in [1.54, 1.807) is 11.0 Å². The minimum Gasteiger partial charge on any atom is -0.342 e. The fourth-order valence-corrected chi connectivity index (χ4v) is 5.60. The lowest BCUT2D eigenvalue weighted by Gasteiger charge is -2.13. The molecule has 1 aromatic heterocycles. The number of nitrogens with zero attached hydrogens (tertiary/aromatic N) is 3. The van der Waals surface area contributed by atoms with E-state index in [0.29, 0.717) is 33.2 Å². The predicted octanol–water partition coefficient (Wildman–Crippen LogP) is 8.01. The first-order chi connectivity index (χ1) is 17.0. The second-order valence-corrected chi connectivity index (χ2v) is 10.1. The number of fused-ring (bicyclic) bond motifs is 1. The maximum absolute atomic E-state index is 13.3. The van der Waals surface area contributed by atoms with Gasteiger partial charge in [0.1, 0.15) is 0 Å². The van der Waals surface area contributed by atoms with Crippen molar-refractivity contribution in [3.05, 3.63) is 105 Å². The molecule has 1 fully saturated rings. The van der Waals surface area contributed by atoms with Gasteiger partial charge in [-0.25, -0.2) is 4.99 Å². The average Bonchev–Trinajstić information content (AvgIpc) is 3.34. The number of hydrogen-bond acceptors (Lipinski definition) is 3. The molecule has 0 unspecified atom stereocenters. The summed E-state index contributed by atoms with van der Waals surface area (Å²) >= 11 is 13.9. The SMILES string of the molecule is CCCN1C(=O)/C(=C\c2cn(Cc3ccc(Cl)cc3Cl)c3ccccc23)SC1=Nc1ccccc1. The Morgan fingerprint density at radius 3 is 2.54 bits per heavy atom. The van der Waals surface area contributed by atoms with E-state index in [4.69, 9.17) is 28.2 Å².